The normalized spacial score (nSPS) is 16.5. The van der Waals surface area contributed by atoms with Crippen LogP contribution in [0.3, 0.4) is 0 Å². The summed E-state index contributed by atoms with van der Waals surface area (Å²) in [6, 6.07) is 8.83. The molecule has 0 aliphatic heterocycles. The van der Waals surface area contributed by atoms with Crippen molar-refractivity contribution in [2.24, 2.45) is 7.05 Å². The van der Waals surface area contributed by atoms with Gasteiger partial charge in [0.2, 0.25) is 0 Å². The van der Waals surface area contributed by atoms with E-state index in [0.29, 0.717) is 17.0 Å². The zero-order valence-electron chi connectivity index (χ0n) is 16.2. The molecule has 0 bridgehead atoms. The number of hydrogen-bond acceptors (Lipinski definition) is 3. The van der Waals surface area contributed by atoms with Gasteiger partial charge in [-0.3, -0.25) is 9.48 Å². The quantitative estimate of drug-likeness (QED) is 0.672. The summed E-state index contributed by atoms with van der Waals surface area (Å²) in [5.74, 6) is 0.125. The first-order chi connectivity index (χ1) is 13.5. The van der Waals surface area contributed by atoms with Crippen molar-refractivity contribution in [3.8, 4) is 0 Å². The second-order valence-corrected chi connectivity index (χ2v) is 8.03. The molecule has 1 aromatic carbocycles. The number of halogens is 1. The van der Waals surface area contributed by atoms with Crippen LogP contribution in [0.5, 0.6) is 0 Å². The summed E-state index contributed by atoms with van der Waals surface area (Å²) in [7, 11) is 1.87. The Hall–Kier alpha value is -2.76. The van der Waals surface area contributed by atoms with E-state index >= 15 is 0 Å². The van der Waals surface area contributed by atoms with Crippen LogP contribution in [0.2, 0.25) is 0 Å². The summed E-state index contributed by atoms with van der Waals surface area (Å²) in [5.41, 5.74) is 3.74. The summed E-state index contributed by atoms with van der Waals surface area (Å²) in [5, 5.41) is 5.31. The molecule has 144 valence electrons. The number of aromatic nitrogens is 3. The van der Waals surface area contributed by atoms with Crippen LogP contribution in [0.25, 0.3) is 11.0 Å². The van der Waals surface area contributed by atoms with Crippen LogP contribution in [-0.4, -0.2) is 31.6 Å². The van der Waals surface area contributed by atoms with Gasteiger partial charge in [-0.2, -0.15) is 5.10 Å². The zero-order valence-corrected chi connectivity index (χ0v) is 16.2. The van der Waals surface area contributed by atoms with Crippen LogP contribution < -0.4 is 0 Å². The highest BCUT2D eigenvalue weighted by Crippen LogP contribution is 2.41. The Labute approximate surface area is 163 Å². The number of aryl methyl sites for hydroxylation is 2. The number of hydrogen-bond donors (Lipinski definition) is 0. The SMILES string of the molecule is Cc1nn(C)c2nc(C3CC3)cc(C(=O)N(Cc3ccccc3F)C3CC3)c12. The lowest BCUT2D eigenvalue weighted by Gasteiger charge is -2.23. The molecular weight excluding hydrogens is 355 g/mol. The summed E-state index contributed by atoms with van der Waals surface area (Å²) >= 11 is 0. The molecule has 0 atom stereocenters. The minimum Gasteiger partial charge on any atom is -0.331 e. The molecule has 2 heterocycles. The Bertz CT molecular complexity index is 1080. The Kier molecular flexibility index (Phi) is 3.96. The van der Waals surface area contributed by atoms with Crippen molar-refractivity contribution in [2.75, 3.05) is 0 Å². The monoisotopic (exact) mass is 378 g/mol. The Morgan fingerprint density at radius 3 is 2.68 bits per heavy atom. The lowest BCUT2D eigenvalue weighted by atomic mass is 10.1. The van der Waals surface area contributed by atoms with Gasteiger partial charge in [-0.25, -0.2) is 9.37 Å². The highest BCUT2D eigenvalue weighted by atomic mass is 19.1. The number of carbonyl (C=O) groups is 1. The molecule has 2 saturated carbocycles. The van der Waals surface area contributed by atoms with E-state index < -0.39 is 0 Å². The molecule has 1 amide bonds. The lowest BCUT2D eigenvalue weighted by molar-refractivity contribution is 0.0730. The predicted molar refractivity (Wildman–Crippen MR) is 105 cm³/mol. The van der Waals surface area contributed by atoms with Crippen LogP contribution in [0.15, 0.2) is 30.3 Å². The van der Waals surface area contributed by atoms with Crippen molar-refractivity contribution in [3.63, 3.8) is 0 Å². The molecule has 2 aliphatic rings. The Morgan fingerprint density at radius 2 is 2.00 bits per heavy atom. The average molecular weight is 378 g/mol. The molecule has 0 saturated heterocycles. The van der Waals surface area contributed by atoms with Gasteiger partial charge >= 0.3 is 0 Å². The van der Waals surface area contributed by atoms with E-state index in [-0.39, 0.29) is 24.3 Å². The molecule has 0 spiro atoms. The summed E-state index contributed by atoms with van der Waals surface area (Å²) < 4.78 is 16.0. The van der Waals surface area contributed by atoms with Gasteiger partial charge in [-0.1, -0.05) is 18.2 Å². The van der Waals surface area contributed by atoms with Gasteiger partial charge < -0.3 is 4.90 Å². The third kappa shape index (κ3) is 2.97. The second-order valence-electron chi connectivity index (χ2n) is 8.03. The van der Waals surface area contributed by atoms with Crippen LogP contribution in [0, 0.1) is 12.7 Å². The fourth-order valence-corrected chi connectivity index (χ4v) is 3.94. The van der Waals surface area contributed by atoms with Crippen LogP contribution >= 0.6 is 0 Å². The van der Waals surface area contributed by atoms with E-state index in [4.69, 9.17) is 4.98 Å². The standard InChI is InChI=1S/C22H23FN4O/c1-13-20-17(11-19(14-7-8-14)24-21(20)26(2)25-13)22(28)27(16-9-10-16)12-15-5-3-4-6-18(15)23/h3-6,11,14,16H,7-10,12H2,1-2H3. The number of amides is 1. The van der Waals surface area contributed by atoms with Crippen molar-refractivity contribution in [1.29, 1.82) is 0 Å². The maximum atomic E-state index is 14.2. The lowest BCUT2D eigenvalue weighted by Crippen LogP contribution is -2.33. The van der Waals surface area contributed by atoms with E-state index in [1.807, 2.05) is 31.0 Å². The molecule has 5 rings (SSSR count). The van der Waals surface area contributed by atoms with Crippen LogP contribution in [0.4, 0.5) is 4.39 Å². The minimum atomic E-state index is -0.267. The predicted octanol–water partition coefficient (Wildman–Crippen LogP) is 4.10. The molecule has 0 unspecified atom stereocenters. The number of fused-ring (bicyclic) bond motifs is 1. The van der Waals surface area contributed by atoms with E-state index in [2.05, 4.69) is 5.10 Å². The minimum absolute atomic E-state index is 0.0452. The number of carbonyl (C=O) groups excluding carboxylic acids is 1. The maximum absolute atomic E-state index is 14.2. The van der Waals surface area contributed by atoms with E-state index in [9.17, 15) is 9.18 Å². The zero-order chi connectivity index (χ0) is 19.4. The van der Waals surface area contributed by atoms with Gasteiger partial charge in [0.05, 0.1) is 16.6 Å². The molecule has 3 aromatic rings. The molecule has 2 fully saturated rings. The highest BCUT2D eigenvalue weighted by Gasteiger charge is 2.36. The summed E-state index contributed by atoms with van der Waals surface area (Å²) in [6.45, 7) is 2.20. The van der Waals surface area contributed by atoms with Gasteiger partial charge in [0.1, 0.15) is 5.82 Å². The first-order valence-corrected chi connectivity index (χ1v) is 9.91. The third-order valence-corrected chi connectivity index (χ3v) is 5.76. The summed E-state index contributed by atoms with van der Waals surface area (Å²) in [4.78, 5) is 20.3. The summed E-state index contributed by atoms with van der Waals surface area (Å²) in [6.07, 6.45) is 4.17. The average Bonchev–Trinajstić information content (AvgIpc) is 3.59. The van der Waals surface area contributed by atoms with Crippen molar-refractivity contribution in [3.05, 3.63) is 58.7 Å². The van der Waals surface area contributed by atoms with Gasteiger partial charge in [-0.15, -0.1) is 0 Å². The van der Waals surface area contributed by atoms with E-state index in [1.54, 1.807) is 16.8 Å². The van der Waals surface area contributed by atoms with Crippen LogP contribution in [0.1, 0.15) is 58.9 Å². The number of benzene rings is 1. The molecule has 2 aliphatic carbocycles. The maximum Gasteiger partial charge on any atom is 0.255 e. The smallest absolute Gasteiger partial charge is 0.255 e. The second kappa shape index (κ2) is 6.40. The first kappa shape index (κ1) is 17.3. The van der Waals surface area contributed by atoms with Gasteiger partial charge in [0.25, 0.3) is 5.91 Å². The van der Waals surface area contributed by atoms with Gasteiger partial charge in [-0.05, 0) is 44.7 Å². The van der Waals surface area contributed by atoms with E-state index in [0.717, 1.165) is 48.1 Å². The molecular formula is C22H23FN4O. The molecule has 6 heteroatoms. The molecule has 2 aromatic heterocycles. The first-order valence-electron chi connectivity index (χ1n) is 9.91. The Morgan fingerprint density at radius 1 is 1.25 bits per heavy atom. The van der Waals surface area contributed by atoms with Gasteiger partial charge in [0.15, 0.2) is 5.65 Å². The number of rotatable bonds is 5. The van der Waals surface area contributed by atoms with Crippen molar-refractivity contribution < 1.29 is 9.18 Å². The molecule has 28 heavy (non-hydrogen) atoms. The largest absolute Gasteiger partial charge is 0.331 e. The van der Waals surface area contributed by atoms with Crippen molar-refractivity contribution in [1.82, 2.24) is 19.7 Å². The fraction of sp³-hybridized carbons (Fsp3) is 0.409. The van der Waals surface area contributed by atoms with Crippen molar-refractivity contribution >= 4 is 16.9 Å². The Balaban J connectivity index is 1.59. The molecule has 0 radical (unpaired) electrons. The fourth-order valence-electron chi connectivity index (χ4n) is 3.94. The number of nitrogens with zero attached hydrogens (tertiary/aromatic N) is 4. The van der Waals surface area contributed by atoms with Crippen molar-refractivity contribution in [2.45, 2.75) is 51.1 Å². The third-order valence-electron chi connectivity index (χ3n) is 5.76. The molecule has 5 nitrogen and oxygen atoms in total. The van der Waals surface area contributed by atoms with E-state index in [1.165, 1.54) is 6.07 Å². The highest BCUT2D eigenvalue weighted by molar-refractivity contribution is 6.06. The topological polar surface area (TPSA) is 51.0 Å². The van der Waals surface area contributed by atoms with Crippen LogP contribution in [-0.2, 0) is 13.6 Å². The van der Waals surface area contributed by atoms with Gasteiger partial charge in [0, 0.05) is 36.8 Å². The number of pyridine rings is 1. The molecule has 0 N–H and O–H groups in total.